The lowest BCUT2D eigenvalue weighted by molar-refractivity contribution is -0.139. The molecule has 0 aliphatic heterocycles. The van der Waals surface area contributed by atoms with E-state index in [-0.39, 0.29) is 30.7 Å². The average molecular weight is 655 g/mol. The van der Waals surface area contributed by atoms with Crippen LogP contribution in [0, 0.1) is 0 Å². The number of benzene rings is 2. The fraction of sp³-hybridized carbons (Fsp3) is 0.304. The van der Waals surface area contributed by atoms with Gasteiger partial charge < -0.3 is 10.6 Å². The average Bonchev–Trinajstić information content (AvgIpc) is 2.75. The summed E-state index contributed by atoms with van der Waals surface area (Å²) in [4.78, 5) is 24.4. The summed E-state index contributed by atoms with van der Waals surface area (Å²) in [5.74, 6) is -3.59. The highest BCUT2D eigenvalue weighted by molar-refractivity contribution is 9.10. The van der Waals surface area contributed by atoms with E-state index < -0.39 is 49.1 Å². The van der Waals surface area contributed by atoms with Gasteiger partial charge in [0.25, 0.3) is 5.91 Å². The maximum Gasteiger partial charge on any atom is 0.399 e. The molecule has 0 aromatic heterocycles. The molecule has 2 atom stereocenters. The monoisotopic (exact) mass is 652 g/mol. The van der Waals surface area contributed by atoms with E-state index in [2.05, 4.69) is 26.6 Å². The molecule has 0 aliphatic carbocycles. The van der Waals surface area contributed by atoms with E-state index >= 15 is 0 Å². The van der Waals surface area contributed by atoms with Gasteiger partial charge in [0, 0.05) is 11.0 Å². The Hall–Kier alpha value is -1.95. The molecule has 14 heteroatoms. The molecule has 2 aromatic rings. The van der Waals surface area contributed by atoms with Gasteiger partial charge in [-0.15, -0.1) is 0 Å². The van der Waals surface area contributed by atoms with Crippen LogP contribution in [-0.4, -0.2) is 36.8 Å². The minimum atomic E-state index is -4.68. The van der Waals surface area contributed by atoms with Gasteiger partial charge in [0.1, 0.15) is 6.04 Å². The van der Waals surface area contributed by atoms with Crippen molar-refractivity contribution in [2.45, 2.75) is 37.7 Å². The number of carbonyl (C=O) groups excluding carboxylic acids is 2. The smallest absolute Gasteiger partial charge is 0.354 e. The SMILES string of the molecule is CC(NC(=O)c1ccc(C=CC(c2cc(Cl)c(Cl)c(Cl)c2)C(F)(F)F)cc1Br)C(=O)NCCC(F)(F)F. The zero-order valence-corrected chi connectivity index (χ0v) is 22.6. The molecule has 4 nitrogen and oxygen atoms in total. The van der Waals surface area contributed by atoms with Gasteiger partial charge in [0.05, 0.1) is 33.0 Å². The molecule has 0 bridgehead atoms. The maximum atomic E-state index is 13.7. The number of halogens is 10. The van der Waals surface area contributed by atoms with E-state index in [0.29, 0.717) is 5.56 Å². The first-order chi connectivity index (χ1) is 17.0. The number of nitrogens with one attached hydrogen (secondary N) is 2. The second-order valence-electron chi connectivity index (χ2n) is 7.77. The van der Waals surface area contributed by atoms with Gasteiger partial charge in [0.2, 0.25) is 5.91 Å². The number of amides is 2. The summed E-state index contributed by atoms with van der Waals surface area (Å²) < 4.78 is 78.0. The summed E-state index contributed by atoms with van der Waals surface area (Å²) in [6.45, 7) is 0.652. The summed E-state index contributed by atoms with van der Waals surface area (Å²) in [6, 6.07) is 5.07. The lowest BCUT2D eigenvalue weighted by atomic mass is 9.97. The number of hydrogen-bond acceptors (Lipinski definition) is 2. The van der Waals surface area contributed by atoms with Gasteiger partial charge in [-0.3, -0.25) is 9.59 Å². The second kappa shape index (κ2) is 12.7. The number of allylic oxidation sites excluding steroid dienone is 1. The second-order valence-corrected chi connectivity index (χ2v) is 9.81. The van der Waals surface area contributed by atoms with Crippen LogP contribution < -0.4 is 10.6 Å². The molecule has 2 N–H and O–H groups in total. The Balaban J connectivity index is 2.15. The zero-order chi connectivity index (χ0) is 28.1. The molecular formula is C23H18BrCl3F6N2O2. The van der Waals surface area contributed by atoms with Crippen molar-refractivity contribution in [3.63, 3.8) is 0 Å². The van der Waals surface area contributed by atoms with Gasteiger partial charge in [-0.25, -0.2) is 0 Å². The van der Waals surface area contributed by atoms with Gasteiger partial charge in [-0.2, -0.15) is 26.3 Å². The first-order valence-electron chi connectivity index (χ1n) is 10.3. The molecule has 0 radical (unpaired) electrons. The molecule has 0 heterocycles. The van der Waals surface area contributed by atoms with E-state index in [9.17, 15) is 35.9 Å². The van der Waals surface area contributed by atoms with Crippen LogP contribution >= 0.6 is 50.7 Å². The summed E-state index contributed by atoms with van der Waals surface area (Å²) in [5, 5.41) is 4.09. The number of carbonyl (C=O) groups is 2. The first-order valence-corrected chi connectivity index (χ1v) is 12.3. The summed E-state index contributed by atoms with van der Waals surface area (Å²) in [7, 11) is 0. The quantitative estimate of drug-likeness (QED) is 0.224. The third-order valence-corrected chi connectivity index (χ3v) is 6.74. The minimum absolute atomic E-state index is 0.0516. The van der Waals surface area contributed by atoms with Crippen molar-refractivity contribution in [2.24, 2.45) is 0 Å². The Morgan fingerprint density at radius 3 is 2.14 bits per heavy atom. The zero-order valence-electron chi connectivity index (χ0n) is 18.7. The molecule has 2 unspecified atom stereocenters. The largest absolute Gasteiger partial charge is 0.399 e. The molecule has 2 amide bonds. The fourth-order valence-electron chi connectivity index (χ4n) is 3.01. The molecule has 2 aromatic carbocycles. The standard InChI is InChI=1S/C23H18BrCl3F6N2O2/c1-11(20(36)34-7-6-22(28,29)30)35-21(37)14-4-2-12(8-16(14)24)3-5-15(23(31,32)33)13-9-17(25)19(27)18(26)10-13/h2-5,8-11,15H,6-7H2,1H3,(H,34,36)(H,35,37). The van der Waals surface area contributed by atoms with Crippen LogP contribution in [-0.2, 0) is 4.79 Å². The Morgan fingerprint density at radius 2 is 1.62 bits per heavy atom. The van der Waals surface area contributed by atoms with Gasteiger partial charge in [0.15, 0.2) is 0 Å². The minimum Gasteiger partial charge on any atom is -0.354 e. The van der Waals surface area contributed by atoms with Crippen molar-refractivity contribution in [1.82, 2.24) is 10.6 Å². The van der Waals surface area contributed by atoms with Crippen molar-refractivity contribution >= 4 is 68.6 Å². The van der Waals surface area contributed by atoms with Crippen LogP contribution in [0.5, 0.6) is 0 Å². The van der Waals surface area contributed by atoms with Gasteiger partial charge in [-0.05, 0) is 58.2 Å². The van der Waals surface area contributed by atoms with Crippen LogP contribution in [0.15, 0.2) is 40.9 Å². The topological polar surface area (TPSA) is 58.2 Å². The normalized spacial score (nSPS) is 13.9. The van der Waals surface area contributed by atoms with Gasteiger partial charge >= 0.3 is 12.4 Å². The first kappa shape index (κ1) is 31.3. The Morgan fingerprint density at radius 1 is 1.03 bits per heavy atom. The van der Waals surface area contributed by atoms with Crippen LogP contribution in [0.2, 0.25) is 15.1 Å². The van der Waals surface area contributed by atoms with Crippen LogP contribution in [0.3, 0.4) is 0 Å². The fourth-order valence-corrected chi connectivity index (χ4v) is 4.20. The highest BCUT2D eigenvalue weighted by atomic mass is 79.9. The number of alkyl halides is 6. The van der Waals surface area contributed by atoms with Crippen LogP contribution in [0.25, 0.3) is 6.08 Å². The van der Waals surface area contributed by atoms with Crippen molar-refractivity contribution in [3.8, 4) is 0 Å². The van der Waals surface area contributed by atoms with E-state index in [1.165, 1.54) is 31.2 Å². The summed E-state index contributed by atoms with van der Waals surface area (Å²) in [5.41, 5.74) is 0.137. The van der Waals surface area contributed by atoms with Gasteiger partial charge in [-0.1, -0.05) is 53.0 Å². The van der Waals surface area contributed by atoms with E-state index in [4.69, 9.17) is 34.8 Å². The molecule has 0 saturated carbocycles. The predicted molar refractivity (Wildman–Crippen MR) is 134 cm³/mol. The lowest BCUT2D eigenvalue weighted by Gasteiger charge is -2.18. The third-order valence-electron chi connectivity index (χ3n) is 4.89. The Kier molecular flexibility index (Phi) is 10.8. The number of hydrogen-bond donors (Lipinski definition) is 2. The summed E-state index contributed by atoms with van der Waals surface area (Å²) >= 11 is 20.7. The number of rotatable bonds is 8. The van der Waals surface area contributed by atoms with Crippen molar-refractivity contribution < 1.29 is 35.9 Å². The van der Waals surface area contributed by atoms with Crippen LogP contribution in [0.4, 0.5) is 26.3 Å². The van der Waals surface area contributed by atoms with E-state index in [1.807, 2.05) is 0 Å². The Bertz CT molecular complexity index is 1170. The molecule has 0 fully saturated rings. The lowest BCUT2D eigenvalue weighted by Crippen LogP contribution is -2.45. The van der Waals surface area contributed by atoms with Crippen molar-refractivity contribution in [3.05, 3.63) is 72.6 Å². The molecule has 0 spiro atoms. The molecule has 37 heavy (non-hydrogen) atoms. The molecule has 0 saturated heterocycles. The third kappa shape index (κ3) is 9.38. The molecule has 202 valence electrons. The molecule has 2 rings (SSSR count). The van der Waals surface area contributed by atoms with E-state index in [1.54, 1.807) is 0 Å². The highest BCUT2D eigenvalue weighted by Crippen LogP contribution is 2.41. The molecule has 0 aliphatic rings. The maximum absolute atomic E-state index is 13.7. The predicted octanol–water partition coefficient (Wildman–Crippen LogP) is 7.96. The van der Waals surface area contributed by atoms with Crippen LogP contribution in [0.1, 0.15) is 40.7 Å². The highest BCUT2D eigenvalue weighted by Gasteiger charge is 2.39. The summed E-state index contributed by atoms with van der Waals surface area (Å²) in [6.07, 6.45) is -8.24. The van der Waals surface area contributed by atoms with Crippen molar-refractivity contribution in [1.29, 1.82) is 0 Å². The Labute approximate surface area is 231 Å². The van der Waals surface area contributed by atoms with E-state index in [0.717, 1.165) is 18.2 Å². The van der Waals surface area contributed by atoms with Crippen molar-refractivity contribution in [2.75, 3.05) is 6.54 Å². The molecular weight excluding hydrogens is 637 g/mol.